The van der Waals surface area contributed by atoms with Crippen LogP contribution in [-0.4, -0.2) is 25.3 Å². The van der Waals surface area contributed by atoms with E-state index in [-0.39, 0.29) is 17.6 Å². The summed E-state index contributed by atoms with van der Waals surface area (Å²) in [5, 5.41) is 9.70. The van der Waals surface area contributed by atoms with Crippen molar-refractivity contribution in [2.45, 2.75) is 26.2 Å². The lowest BCUT2D eigenvalue weighted by molar-refractivity contribution is -0.140. The van der Waals surface area contributed by atoms with Gasteiger partial charge in [0, 0.05) is 12.3 Å². The van der Waals surface area contributed by atoms with Gasteiger partial charge in [0.25, 0.3) is 0 Å². The van der Waals surface area contributed by atoms with Crippen LogP contribution < -0.4 is 4.74 Å². The van der Waals surface area contributed by atoms with Gasteiger partial charge in [-0.25, -0.2) is 0 Å². The van der Waals surface area contributed by atoms with Crippen molar-refractivity contribution >= 4 is 5.97 Å². The maximum atomic E-state index is 11.0. The van der Waals surface area contributed by atoms with E-state index in [4.69, 9.17) is 4.74 Å². The minimum atomic E-state index is -0.199. The molecule has 0 aliphatic rings. The quantitative estimate of drug-likeness (QED) is 0.663. The minimum Gasteiger partial charge on any atom is -0.507 e. The molecule has 0 heterocycles. The minimum absolute atomic E-state index is 0.139. The molecule has 1 aromatic carbocycles. The highest BCUT2D eigenvalue weighted by atomic mass is 16.5. The molecule has 0 aliphatic carbocycles. The Kier molecular flexibility index (Phi) is 6.45. The van der Waals surface area contributed by atoms with E-state index < -0.39 is 0 Å². The van der Waals surface area contributed by atoms with Crippen LogP contribution in [0.2, 0.25) is 0 Å². The number of phenols is 1. The van der Waals surface area contributed by atoms with E-state index in [0.717, 1.165) is 12.8 Å². The molecule has 0 fully saturated rings. The van der Waals surface area contributed by atoms with Gasteiger partial charge in [-0.3, -0.25) is 4.79 Å². The molecule has 108 valence electrons. The predicted octanol–water partition coefficient (Wildman–Crippen LogP) is 2.73. The van der Waals surface area contributed by atoms with Crippen LogP contribution in [-0.2, 0) is 9.53 Å². The van der Waals surface area contributed by atoms with Gasteiger partial charge in [0.05, 0.1) is 19.8 Å². The van der Waals surface area contributed by atoms with Gasteiger partial charge in [0.15, 0.2) is 0 Å². The third-order valence-corrected chi connectivity index (χ3v) is 2.90. The molecule has 0 spiro atoms. The highest BCUT2D eigenvalue weighted by molar-refractivity contribution is 5.69. The molecule has 0 radical (unpaired) electrons. The molecule has 1 N–H and O–H groups in total. The summed E-state index contributed by atoms with van der Waals surface area (Å²) < 4.78 is 9.67. The first-order chi connectivity index (χ1) is 9.56. The summed E-state index contributed by atoms with van der Waals surface area (Å²) in [6.07, 6.45) is 1.96. The standard InChI is InChI=1S/C16H20O4/c1-12(5-4-6-16(18)20-3)7-8-13-11-14(19-2)9-10-15(13)17/h9-12,17H,4-6H2,1-3H3/t12-/m1/s1. The second-order valence-electron chi connectivity index (χ2n) is 4.52. The summed E-state index contributed by atoms with van der Waals surface area (Å²) in [4.78, 5) is 11.0. The molecule has 20 heavy (non-hydrogen) atoms. The van der Waals surface area contributed by atoms with Gasteiger partial charge in [-0.1, -0.05) is 18.8 Å². The first-order valence-corrected chi connectivity index (χ1v) is 6.52. The third kappa shape index (κ3) is 5.23. The van der Waals surface area contributed by atoms with Crippen LogP contribution in [0.1, 0.15) is 31.7 Å². The fraction of sp³-hybridized carbons (Fsp3) is 0.438. The molecule has 4 heteroatoms. The molecule has 0 aromatic heterocycles. The smallest absolute Gasteiger partial charge is 0.305 e. The van der Waals surface area contributed by atoms with Gasteiger partial charge in [-0.2, -0.15) is 0 Å². The maximum absolute atomic E-state index is 11.0. The van der Waals surface area contributed by atoms with Crippen LogP contribution >= 0.6 is 0 Å². The summed E-state index contributed by atoms with van der Waals surface area (Å²) in [5.41, 5.74) is 0.546. The van der Waals surface area contributed by atoms with Crippen molar-refractivity contribution in [3.63, 3.8) is 0 Å². The Morgan fingerprint density at radius 2 is 2.15 bits per heavy atom. The first-order valence-electron chi connectivity index (χ1n) is 6.52. The highest BCUT2D eigenvalue weighted by Gasteiger charge is 2.04. The van der Waals surface area contributed by atoms with E-state index in [0.29, 0.717) is 17.7 Å². The Balaban J connectivity index is 2.58. The molecule has 1 atom stereocenters. The number of phenolic OH excluding ortho intramolecular Hbond substituents is 1. The summed E-state index contributed by atoms with van der Waals surface area (Å²) in [7, 11) is 2.95. The Morgan fingerprint density at radius 3 is 2.80 bits per heavy atom. The lowest BCUT2D eigenvalue weighted by Crippen LogP contribution is -2.01. The lowest BCUT2D eigenvalue weighted by atomic mass is 10.0. The average molecular weight is 276 g/mol. The van der Waals surface area contributed by atoms with E-state index in [1.807, 2.05) is 6.92 Å². The van der Waals surface area contributed by atoms with Crippen LogP contribution in [0, 0.1) is 17.8 Å². The van der Waals surface area contributed by atoms with E-state index in [2.05, 4.69) is 16.6 Å². The SMILES string of the molecule is COC(=O)CCC[C@@H](C)C#Cc1cc(OC)ccc1O. The topological polar surface area (TPSA) is 55.8 Å². The van der Waals surface area contributed by atoms with Crippen molar-refractivity contribution in [2.75, 3.05) is 14.2 Å². The number of carbonyl (C=O) groups excluding carboxylic acids is 1. The van der Waals surface area contributed by atoms with Crippen molar-refractivity contribution in [1.29, 1.82) is 0 Å². The number of esters is 1. The van der Waals surface area contributed by atoms with Gasteiger partial charge >= 0.3 is 5.97 Å². The summed E-state index contributed by atoms with van der Waals surface area (Å²) in [5.74, 6) is 6.75. The second-order valence-corrected chi connectivity index (χ2v) is 4.52. The lowest BCUT2D eigenvalue weighted by Gasteiger charge is -2.04. The maximum Gasteiger partial charge on any atom is 0.305 e. The van der Waals surface area contributed by atoms with Crippen LogP contribution in [0.5, 0.6) is 11.5 Å². The zero-order valence-electron chi connectivity index (χ0n) is 12.1. The normalized spacial score (nSPS) is 11.2. The number of carbonyl (C=O) groups is 1. The van der Waals surface area contributed by atoms with E-state index in [9.17, 15) is 9.90 Å². The van der Waals surface area contributed by atoms with Gasteiger partial charge in [-0.15, -0.1) is 0 Å². The molecule has 0 bridgehead atoms. The molecule has 1 aromatic rings. The number of hydrogen-bond acceptors (Lipinski definition) is 4. The second kappa shape index (κ2) is 8.11. The van der Waals surface area contributed by atoms with Crippen molar-refractivity contribution < 1.29 is 19.4 Å². The molecule has 4 nitrogen and oxygen atoms in total. The molecule has 0 saturated heterocycles. The summed E-state index contributed by atoms with van der Waals surface area (Å²) in [6.45, 7) is 1.99. The van der Waals surface area contributed by atoms with Gasteiger partial charge < -0.3 is 14.6 Å². The zero-order valence-corrected chi connectivity index (χ0v) is 12.1. The Bertz CT molecular complexity index is 511. The Hall–Kier alpha value is -2.15. The van der Waals surface area contributed by atoms with Gasteiger partial charge in [0.2, 0.25) is 0 Å². The summed E-state index contributed by atoms with van der Waals surface area (Å²) >= 11 is 0. The van der Waals surface area contributed by atoms with Crippen molar-refractivity contribution in [1.82, 2.24) is 0 Å². The monoisotopic (exact) mass is 276 g/mol. The van der Waals surface area contributed by atoms with Crippen LogP contribution in [0.25, 0.3) is 0 Å². The average Bonchev–Trinajstić information content (AvgIpc) is 2.46. The molecule has 1 rings (SSSR count). The number of hydrogen-bond donors (Lipinski definition) is 1. The molecular formula is C16H20O4. The third-order valence-electron chi connectivity index (χ3n) is 2.90. The largest absolute Gasteiger partial charge is 0.507 e. The van der Waals surface area contributed by atoms with E-state index in [1.165, 1.54) is 7.11 Å². The number of ether oxygens (including phenoxy) is 2. The highest BCUT2D eigenvalue weighted by Crippen LogP contribution is 2.22. The van der Waals surface area contributed by atoms with Crippen molar-refractivity contribution in [3.05, 3.63) is 23.8 Å². The van der Waals surface area contributed by atoms with E-state index >= 15 is 0 Å². The number of benzene rings is 1. The summed E-state index contributed by atoms with van der Waals surface area (Å²) in [6, 6.07) is 4.94. The zero-order chi connectivity index (χ0) is 15.0. The van der Waals surface area contributed by atoms with Crippen LogP contribution in [0.15, 0.2) is 18.2 Å². The fourth-order valence-electron chi connectivity index (χ4n) is 1.67. The molecule has 0 saturated carbocycles. The number of rotatable bonds is 5. The fourth-order valence-corrected chi connectivity index (χ4v) is 1.67. The van der Waals surface area contributed by atoms with E-state index in [1.54, 1.807) is 25.3 Å². The number of aromatic hydroxyl groups is 1. The van der Waals surface area contributed by atoms with Crippen molar-refractivity contribution in [2.24, 2.45) is 5.92 Å². The Morgan fingerprint density at radius 1 is 1.40 bits per heavy atom. The molecule has 0 amide bonds. The van der Waals surface area contributed by atoms with Crippen LogP contribution in [0.4, 0.5) is 0 Å². The molecular weight excluding hydrogens is 256 g/mol. The number of methoxy groups -OCH3 is 2. The first kappa shape index (κ1) is 15.9. The van der Waals surface area contributed by atoms with Crippen molar-refractivity contribution in [3.8, 4) is 23.3 Å². The molecule has 0 unspecified atom stereocenters. The Labute approximate surface area is 119 Å². The molecule has 0 aliphatic heterocycles. The van der Waals surface area contributed by atoms with Gasteiger partial charge in [-0.05, 0) is 31.0 Å². The predicted molar refractivity (Wildman–Crippen MR) is 76.6 cm³/mol. The van der Waals surface area contributed by atoms with Gasteiger partial charge in [0.1, 0.15) is 11.5 Å². The van der Waals surface area contributed by atoms with Crippen LogP contribution in [0.3, 0.4) is 0 Å².